The molecule has 0 unspecified atom stereocenters. The molecule has 0 aromatic carbocycles. The zero-order chi connectivity index (χ0) is 16.7. The molecule has 3 rings (SSSR count). The summed E-state index contributed by atoms with van der Waals surface area (Å²) in [5.41, 5.74) is -3.65. The summed E-state index contributed by atoms with van der Waals surface area (Å²) in [6.45, 7) is 0. The van der Waals surface area contributed by atoms with E-state index < -0.39 is 49.9 Å². The number of hydrogen-bond donors (Lipinski definition) is 1. The molecule has 0 aromatic rings. The summed E-state index contributed by atoms with van der Waals surface area (Å²) in [7, 11) is 0. The Morgan fingerprint density at radius 3 is 1.91 bits per heavy atom. The highest BCUT2D eigenvalue weighted by molar-refractivity contribution is 6.48. The summed E-state index contributed by atoms with van der Waals surface area (Å²) < 4.78 is 14.7. The summed E-state index contributed by atoms with van der Waals surface area (Å²) in [5.74, 6) is -4.45. The van der Waals surface area contributed by atoms with Gasteiger partial charge in [-0.2, -0.15) is 0 Å². The zero-order valence-electron chi connectivity index (χ0n) is 11.5. The van der Waals surface area contributed by atoms with E-state index in [0.717, 1.165) is 12.2 Å². The van der Waals surface area contributed by atoms with Crippen molar-refractivity contribution in [2.75, 3.05) is 0 Å². The number of hydrogen-bond acceptors (Lipinski definition) is 7. The first-order valence-electron chi connectivity index (χ1n) is 6.51. The van der Waals surface area contributed by atoms with Crippen LogP contribution in [0.15, 0.2) is 48.6 Å². The van der Waals surface area contributed by atoms with Gasteiger partial charge in [0.2, 0.25) is 0 Å². The lowest BCUT2D eigenvalue weighted by atomic mass is 9.91. The molecule has 3 aliphatic rings. The second kappa shape index (κ2) is 5.23. The molecule has 0 saturated carbocycles. The van der Waals surface area contributed by atoms with Crippen LogP contribution in [0.5, 0.6) is 0 Å². The fourth-order valence-electron chi connectivity index (χ4n) is 2.29. The normalized spacial score (nSPS) is 22.3. The van der Waals surface area contributed by atoms with Crippen LogP contribution in [0.1, 0.15) is 0 Å². The minimum absolute atomic E-state index is 0.912. The topological polar surface area (TPSA) is 116 Å². The monoisotopic (exact) mass is 332 g/mol. The van der Waals surface area contributed by atoms with Crippen LogP contribution in [0, 0.1) is 10.8 Å². The fourth-order valence-corrected chi connectivity index (χ4v) is 3.54. The SMILES string of the molecule is O=C(O)C1(C(=O)[O][Al]2[O]C(=O)C3(C=CC=C3)C(=O)[O]2)C=CC=C1. The number of carboxylic acid groups (broad SMARTS) is 1. The summed E-state index contributed by atoms with van der Waals surface area (Å²) in [5, 5.41) is 9.21. The van der Waals surface area contributed by atoms with Gasteiger partial charge >= 0.3 is 39.0 Å². The lowest BCUT2D eigenvalue weighted by molar-refractivity contribution is -0.168. The first-order chi connectivity index (χ1) is 10.9. The van der Waals surface area contributed by atoms with Crippen LogP contribution in [-0.2, 0) is 30.5 Å². The average Bonchev–Trinajstić information content (AvgIpc) is 3.16. The number of carbonyl (C=O) groups excluding carboxylic acids is 3. The Hall–Kier alpha value is -2.63. The first kappa shape index (κ1) is 15.3. The van der Waals surface area contributed by atoms with E-state index in [-0.39, 0.29) is 0 Å². The van der Waals surface area contributed by atoms with Gasteiger partial charge < -0.3 is 16.5 Å². The molecule has 0 bridgehead atoms. The van der Waals surface area contributed by atoms with Crippen LogP contribution in [0.3, 0.4) is 0 Å². The second-order valence-corrected chi connectivity index (χ2v) is 6.27. The van der Waals surface area contributed by atoms with Gasteiger partial charge in [-0.05, 0) is 0 Å². The Labute approximate surface area is 134 Å². The molecule has 1 heterocycles. The smallest absolute Gasteiger partial charge is 0.549 e. The largest absolute Gasteiger partial charge is 1.20 e. The van der Waals surface area contributed by atoms with E-state index in [1.807, 2.05) is 0 Å². The van der Waals surface area contributed by atoms with Crippen molar-refractivity contribution in [2.45, 2.75) is 0 Å². The Morgan fingerprint density at radius 1 is 0.957 bits per heavy atom. The number of carboxylic acids is 1. The molecule has 0 radical (unpaired) electrons. The van der Waals surface area contributed by atoms with Crippen molar-refractivity contribution in [3.63, 3.8) is 0 Å². The lowest BCUT2D eigenvalue weighted by Crippen LogP contribution is -2.52. The van der Waals surface area contributed by atoms with Gasteiger partial charge in [-0.25, -0.2) is 0 Å². The third kappa shape index (κ3) is 2.22. The molecule has 23 heavy (non-hydrogen) atoms. The zero-order valence-corrected chi connectivity index (χ0v) is 12.7. The second-order valence-electron chi connectivity index (χ2n) is 4.98. The number of carbonyl (C=O) groups is 4. The number of aliphatic carboxylic acids is 1. The van der Waals surface area contributed by atoms with Crippen molar-refractivity contribution in [3.05, 3.63) is 48.6 Å². The van der Waals surface area contributed by atoms with E-state index >= 15 is 0 Å². The predicted octanol–water partition coefficient (Wildman–Crippen LogP) is -0.0761. The van der Waals surface area contributed by atoms with Crippen molar-refractivity contribution >= 4 is 39.0 Å². The van der Waals surface area contributed by atoms with E-state index in [9.17, 15) is 24.3 Å². The molecule has 1 N–H and O–H groups in total. The van der Waals surface area contributed by atoms with Crippen LogP contribution in [0.25, 0.3) is 0 Å². The highest BCUT2D eigenvalue weighted by atomic mass is 27.3. The maximum atomic E-state index is 12.1. The van der Waals surface area contributed by atoms with E-state index in [1.54, 1.807) is 0 Å². The lowest BCUT2D eigenvalue weighted by Gasteiger charge is -2.30. The molecule has 1 spiro atoms. The van der Waals surface area contributed by atoms with E-state index in [0.29, 0.717) is 0 Å². The van der Waals surface area contributed by atoms with Crippen LogP contribution in [-0.4, -0.2) is 44.1 Å². The molecule has 1 aliphatic heterocycles. The highest BCUT2D eigenvalue weighted by Gasteiger charge is 2.63. The van der Waals surface area contributed by atoms with E-state index in [4.69, 9.17) is 11.4 Å². The van der Waals surface area contributed by atoms with Gasteiger partial charge in [-0.1, -0.05) is 48.6 Å². The van der Waals surface area contributed by atoms with Crippen LogP contribution in [0.4, 0.5) is 0 Å². The van der Waals surface area contributed by atoms with Gasteiger partial charge in [0.1, 0.15) is 0 Å². The van der Waals surface area contributed by atoms with Crippen molar-refractivity contribution in [2.24, 2.45) is 10.8 Å². The Bertz CT molecular complexity index is 685. The first-order valence-corrected chi connectivity index (χ1v) is 7.93. The van der Waals surface area contributed by atoms with E-state index in [2.05, 4.69) is 0 Å². The predicted molar refractivity (Wildman–Crippen MR) is 73.1 cm³/mol. The minimum Gasteiger partial charge on any atom is -0.549 e. The van der Waals surface area contributed by atoms with Gasteiger partial charge in [-0.15, -0.1) is 0 Å². The summed E-state index contributed by atoms with van der Waals surface area (Å²) in [6, 6.07) is 0. The molecule has 116 valence electrons. The quantitative estimate of drug-likeness (QED) is 0.564. The van der Waals surface area contributed by atoms with Gasteiger partial charge in [0.05, 0.1) is 0 Å². The van der Waals surface area contributed by atoms with E-state index in [1.165, 1.54) is 36.5 Å². The maximum Gasteiger partial charge on any atom is 1.20 e. The molecule has 2 aliphatic carbocycles. The van der Waals surface area contributed by atoms with Crippen molar-refractivity contribution < 1.29 is 35.7 Å². The van der Waals surface area contributed by atoms with Crippen LogP contribution in [0.2, 0.25) is 0 Å². The Balaban J connectivity index is 1.75. The molecular weight excluding hydrogens is 323 g/mol. The fraction of sp³-hybridized carbons (Fsp3) is 0.143. The molecule has 0 aromatic heterocycles. The van der Waals surface area contributed by atoms with Crippen molar-refractivity contribution in [3.8, 4) is 0 Å². The average molecular weight is 332 g/mol. The van der Waals surface area contributed by atoms with Gasteiger partial charge in [0, 0.05) is 0 Å². The Morgan fingerprint density at radius 2 is 1.43 bits per heavy atom. The summed E-state index contributed by atoms with van der Waals surface area (Å²) in [6.07, 6.45) is 10.6. The summed E-state index contributed by atoms with van der Waals surface area (Å²) >= 11 is -3.47. The summed E-state index contributed by atoms with van der Waals surface area (Å²) in [4.78, 5) is 47.5. The Kier molecular flexibility index (Phi) is 3.47. The molecule has 0 amide bonds. The maximum absolute atomic E-state index is 12.1. The minimum atomic E-state index is -3.47. The third-order valence-electron chi connectivity index (χ3n) is 3.64. The van der Waals surface area contributed by atoms with Gasteiger partial charge in [0.25, 0.3) is 0 Å². The van der Waals surface area contributed by atoms with Crippen LogP contribution < -0.4 is 0 Å². The van der Waals surface area contributed by atoms with Gasteiger partial charge in [-0.3, -0.25) is 19.2 Å². The van der Waals surface area contributed by atoms with Crippen molar-refractivity contribution in [1.82, 2.24) is 0 Å². The highest BCUT2D eigenvalue weighted by Crippen LogP contribution is 2.34. The molecule has 1 fully saturated rings. The molecule has 1 saturated heterocycles. The molecule has 9 heteroatoms. The van der Waals surface area contributed by atoms with Crippen LogP contribution >= 0.6 is 0 Å². The molecule has 0 atom stereocenters. The van der Waals surface area contributed by atoms with Crippen molar-refractivity contribution in [1.29, 1.82) is 0 Å². The number of allylic oxidation sites excluding steroid dienone is 4. The molecular formula is C14H9AlO8. The molecule has 8 nitrogen and oxygen atoms in total. The standard InChI is InChI=1S/2C7H6O4.Al/c2*8-5(9)7(6(10)11)3-1-2-4-7;/h2*1-4H,(H,8,9)(H,10,11);/q;;+3/p-3. The number of rotatable bonds is 3. The van der Waals surface area contributed by atoms with Gasteiger partial charge in [0.15, 0.2) is 10.8 Å². The third-order valence-corrected chi connectivity index (χ3v) is 4.86.